The Morgan fingerprint density at radius 2 is 2.00 bits per heavy atom. The molecule has 3 rings (SSSR count). The van der Waals surface area contributed by atoms with E-state index in [1.165, 1.54) is 4.88 Å². The van der Waals surface area contributed by atoms with Crippen LogP contribution in [0.4, 0.5) is 0 Å². The molecule has 1 aliphatic heterocycles. The quantitative estimate of drug-likeness (QED) is 0.921. The number of aromatic nitrogens is 1. The molecule has 1 aliphatic rings. The summed E-state index contributed by atoms with van der Waals surface area (Å²) < 4.78 is 5.47. The lowest BCUT2D eigenvalue weighted by atomic mass is 10.2. The molecule has 0 amide bonds. The van der Waals surface area contributed by atoms with E-state index < -0.39 is 0 Å². The number of benzene rings is 1. The van der Waals surface area contributed by atoms with E-state index in [1.54, 1.807) is 11.3 Å². The van der Waals surface area contributed by atoms with Gasteiger partial charge in [-0.25, -0.2) is 4.98 Å². The Labute approximate surface area is 129 Å². The molecule has 1 aromatic heterocycles. The molecule has 21 heavy (non-hydrogen) atoms. The molecule has 5 heteroatoms. The van der Waals surface area contributed by atoms with Crippen LogP contribution in [-0.4, -0.2) is 42.7 Å². The molecule has 112 valence electrons. The molecule has 0 bridgehead atoms. The van der Waals surface area contributed by atoms with Crippen LogP contribution >= 0.6 is 11.3 Å². The molecule has 2 aromatic rings. The summed E-state index contributed by atoms with van der Waals surface area (Å²) in [7, 11) is 0. The van der Waals surface area contributed by atoms with Crippen molar-refractivity contribution in [2.45, 2.75) is 13.5 Å². The summed E-state index contributed by atoms with van der Waals surface area (Å²) in [5.41, 5.74) is 1.16. The molecule has 1 N–H and O–H groups in total. The van der Waals surface area contributed by atoms with Crippen molar-refractivity contribution in [3.63, 3.8) is 0 Å². The molecule has 4 nitrogen and oxygen atoms in total. The first-order valence-corrected chi connectivity index (χ1v) is 8.28. The normalized spacial score (nSPS) is 16.0. The van der Waals surface area contributed by atoms with Gasteiger partial charge in [-0.2, -0.15) is 0 Å². The first-order chi connectivity index (χ1) is 10.3. The van der Waals surface area contributed by atoms with Crippen LogP contribution in [-0.2, 0) is 6.54 Å². The van der Waals surface area contributed by atoms with Gasteiger partial charge in [-0.1, -0.05) is 0 Å². The second kappa shape index (κ2) is 7.02. The standard InChI is InChI=1S/C16H21N3OS/c1-2-20-14-5-3-13(4-6-14)16-18-11-15(21-16)12-19-9-7-17-8-10-19/h3-6,11,17H,2,7-10,12H2,1H3. The second-order valence-corrected chi connectivity index (χ2v) is 6.23. The summed E-state index contributed by atoms with van der Waals surface area (Å²) in [5.74, 6) is 0.916. The van der Waals surface area contributed by atoms with E-state index in [0.717, 1.165) is 49.0 Å². The zero-order chi connectivity index (χ0) is 14.5. The number of piperazine rings is 1. The van der Waals surface area contributed by atoms with Crippen LogP contribution in [0.15, 0.2) is 30.5 Å². The van der Waals surface area contributed by atoms with E-state index in [9.17, 15) is 0 Å². The van der Waals surface area contributed by atoms with Crippen molar-refractivity contribution in [2.75, 3.05) is 32.8 Å². The lowest BCUT2D eigenvalue weighted by Crippen LogP contribution is -2.42. The minimum Gasteiger partial charge on any atom is -0.494 e. The van der Waals surface area contributed by atoms with Gasteiger partial charge in [0.1, 0.15) is 10.8 Å². The third-order valence-electron chi connectivity index (χ3n) is 3.55. The largest absolute Gasteiger partial charge is 0.494 e. The Hall–Kier alpha value is -1.43. The van der Waals surface area contributed by atoms with Gasteiger partial charge in [-0.15, -0.1) is 11.3 Å². The summed E-state index contributed by atoms with van der Waals surface area (Å²) >= 11 is 1.78. The molecule has 0 aliphatic carbocycles. The average Bonchev–Trinajstić information content (AvgIpc) is 2.98. The Morgan fingerprint density at radius 1 is 1.24 bits per heavy atom. The van der Waals surface area contributed by atoms with Gasteiger partial charge in [0.2, 0.25) is 0 Å². The highest BCUT2D eigenvalue weighted by molar-refractivity contribution is 7.15. The molecule has 0 unspecified atom stereocenters. The van der Waals surface area contributed by atoms with E-state index in [2.05, 4.69) is 27.3 Å². The van der Waals surface area contributed by atoms with Gasteiger partial charge in [0, 0.05) is 49.4 Å². The van der Waals surface area contributed by atoms with Gasteiger partial charge < -0.3 is 10.1 Å². The summed E-state index contributed by atoms with van der Waals surface area (Å²) in [6, 6.07) is 8.18. The Morgan fingerprint density at radius 3 is 2.71 bits per heavy atom. The molecule has 0 saturated carbocycles. The number of hydrogen-bond acceptors (Lipinski definition) is 5. The fourth-order valence-electron chi connectivity index (χ4n) is 2.46. The SMILES string of the molecule is CCOc1ccc(-c2ncc(CN3CCNCC3)s2)cc1. The maximum Gasteiger partial charge on any atom is 0.123 e. The number of nitrogens with one attached hydrogen (secondary N) is 1. The molecule has 0 spiro atoms. The zero-order valence-corrected chi connectivity index (χ0v) is 13.2. The van der Waals surface area contributed by atoms with Crippen molar-refractivity contribution in [1.29, 1.82) is 0 Å². The predicted octanol–water partition coefficient (Wildman–Crippen LogP) is 2.61. The lowest BCUT2D eigenvalue weighted by Gasteiger charge is -2.26. The molecule has 0 radical (unpaired) electrons. The third kappa shape index (κ3) is 3.81. The molecule has 1 fully saturated rings. The van der Waals surface area contributed by atoms with Crippen molar-refractivity contribution >= 4 is 11.3 Å². The maximum absolute atomic E-state index is 5.47. The Kier molecular flexibility index (Phi) is 4.85. The van der Waals surface area contributed by atoms with Gasteiger partial charge in [-0.3, -0.25) is 4.90 Å². The van der Waals surface area contributed by atoms with Crippen molar-refractivity contribution in [3.05, 3.63) is 35.3 Å². The minimum absolute atomic E-state index is 0.700. The van der Waals surface area contributed by atoms with E-state index in [4.69, 9.17) is 4.74 Å². The molecule has 1 aromatic carbocycles. The summed E-state index contributed by atoms with van der Waals surface area (Å²) in [5, 5.41) is 4.47. The number of thiazole rings is 1. The first-order valence-electron chi connectivity index (χ1n) is 7.46. The smallest absolute Gasteiger partial charge is 0.123 e. The van der Waals surface area contributed by atoms with E-state index in [1.807, 2.05) is 25.3 Å². The maximum atomic E-state index is 5.47. The number of hydrogen-bond donors (Lipinski definition) is 1. The van der Waals surface area contributed by atoms with E-state index >= 15 is 0 Å². The fraction of sp³-hybridized carbons (Fsp3) is 0.438. The highest BCUT2D eigenvalue weighted by atomic mass is 32.1. The number of nitrogens with zero attached hydrogens (tertiary/aromatic N) is 2. The lowest BCUT2D eigenvalue weighted by molar-refractivity contribution is 0.235. The van der Waals surface area contributed by atoms with Crippen LogP contribution in [0.25, 0.3) is 10.6 Å². The monoisotopic (exact) mass is 303 g/mol. The minimum atomic E-state index is 0.700. The molecular weight excluding hydrogens is 282 g/mol. The van der Waals surface area contributed by atoms with Crippen LogP contribution in [0, 0.1) is 0 Å². The first kappa shape index (κ1) is 14.5. The van der Waals surface area contributed by atoms with Gasteiger partial charge >= 0.3 is 0 Å². The van der Waals surface area contributed by atoms with Crippen molar-refractivity contribution < 1.29 is 4.74 Å². The van der Waals surface area contributed by atoms with E-state index in [-0.39, 0.29) is 0 Å². The van der Waals surface area contributed by atoms with Crippen LogP contribution in [0.5, 0.6) is 5.75 Å². The highest BCUT2D eigenvalue weighted by Crippen LogP contribution is 2.27. The molecule has 1 saturated heterocycles. The van der Waals surface area contributed by atoms with Gasteiger partial charge in [0.05, 0.1) is 6.61 Å². The Bertz CT molecular complexity index is 561. The highest BCUT2D eigenvalue weighted by Gasteiger charge is 2.12. The molecule has 0 atom stereocenters. The number of rotatable bonds is 5. The zero-order valence-electron chi connectivity index (χ0n) is 12.3. The van der Waals surface area contributed by atoms with Crippen LogP contribution < -0.4 is 10.1 Å². The summed E-state index contributed by atoms with van der Waals surface area (Å²) in [4.78, 5) is 8.38. The van der Waals surface area contributed by atoms with E-state index in [0.29, 0.717) is 6.61 Å². The predicted molar refractivity (Wildman–Crippen MR) is 86.9 cm³/mol. The summed E-state index contributed by atoms with van der Waals surface area (Å²) in [6.45, 7) is 8.13. The van der Waals surface area contributed by atoms with Crippen LogP contribution in [0.3, 0.4) is 0 Å². The van der Waals surface area contributed by atoms with Crippen molar-refractivity contribution in [1.82, 2.24) is 15.2 Å². The number of ether oxygens (including phenoxy) is 1. The Balaban J connectivity index is 1.66. The second-order valence-electron chi connectivity index (χ2n) is 5.12. The third-order valence-corrected chi connectivity index (χ3v) is 4.59. The van der Waals surface area contributed by atoms with Crippen molar-refractivity contribution in [3.8, 4) is 16.3 Å². The molecule has 2 heterocycles. The van der Waals surface area contributed by atoms with Gasteiger partial charge in [0.25, 0.3) is 0 Å². The topological polar surface area (TPSA) is 37.4 Å². The van der Waals surface area contributed by atoms with Gasteiger partial charge in [0.15, 0.2) is 0 Å². The van der Waals surface area contributed by atoms with Crippen LogP contribution in [0.1, 0.15) is 11.8 Å². The van der Waals surface area contributed by atoms with Gasteiger partial charge in [-0.05, 0) is 31.2 Å². The summed E-state index contributed by atoms with van der Waals surface area (Å²) in [6.07, 6.45) is 2.01. The van der Waals surface area contributed by atoms with Crippen LogP contribution in [0.2, 0.25) is 0 Å². The average molecular weight is 303 g/mol. The molecular formula is C16H21N3OS. The fourth-order valence-corrected chi connectivity index (χ4v) is 3.42. The van der Waals surface area contributed by atoms with Crippen molar-refractivity contribution in [2.24, 2.45) is 0 Å².